The van der Waals surface area contributed by atoms with Gasteiger partial charge in [0.15, 0.2) is 0 Å². The van der Waals surface area contributed by atoms with Gasteiger partial charge in [-0.1, -0.05) is 36.6 Å². The summed E-state index contributed by atoms with van der Waals surface area (Å²) in [4.78, 5) is 10.5. The van der Waals surface area contributed by atoms with Crippen LogP contribution in [-0.2, 0) is 11.2 Å². The Morgan fingerprint density at radius 2 is 1.88 bits per heavy atom. The number of nitrogens with two attached hydrogens (primary N) is 1. The molecule has 17 heavy (non-hydrogen) atoms. The van der Waals surface area contributed by atoms with Crippen LogP contribution in [-0.4, -0.2) is 17.1 Å². The van der Waals surface area contributed by atoms with Crippen LogP contribution in [0.15, 0.2) is 24.3 Å². The third-order valence-corrected chi connectivity index (χ3v) is 2.96. The average Bonchev–Trinajstić information content (AvgIpc) is 2.30. The fourth-order valence-corrected chi connectivity index (χ4v) is 1.77. The van der Waals surface area contributed by atoms with Crippen LogP contribution in [0.3, 0.4) is 0 Å². The minimum absolute atomic E-state index is 0.552. The van der Waals surface area contributed by atoms with E-state index in [2.05, 4.69) is 0 Å². The number of carboxylic acid groups (broad SMARTS) is 1. The lowest BCUT2D eigenvalue weighted by molar-refractivity contribution is -0.138. The Labute approximate surface area is 107 Å². The first-order valence-electron chi connectivity index (χ1n) is 5.82. The first kappa shape index (κ1) is 14.0. The van der Waals surface area contributed by atoms with Gasteiger partial charge in [0.2, 0.25) is 0 Å². The molecule has 3 nitrogen and oxygen atoms in total. The highest BCUT2D eigenvalue weighted by Gasteiger charge is 2.09. The largest absolute Gasteiger partial charge is 0.480 e. The highest BCUT2D eigenvalue weighted by molar-refractivity contribution is 6.30. The predicted molar refractivity (Wildman–Crippen MR) is 69.2 cm³/mol. The van der Waals surface area contributed by atoms with Gasteiger partial charge in [-0.3, -0.25) is 4.79 Å². The SMILES string of the molecule is NC(CCCCCc1ccc(Cl)cc1)C(=O)O. The maximum Gasteiger partial charge on any atom is 0.320 e. The number of carbonyl (C=O) groups is 1. The molecular weight excluding hydrogens is 238 g/mol. The molecule has 3 N–H and O–H groups in total. The van der Waals surface area contributed by atoms with E-state index in [0.717, 1.165) is 30.7 Å². The van der Waals surface area contributed by atoms with Crippen molar-refractivity contribution in [2.24, 2.45) is 5.73 Å². The molecule has 1 rings (SSSR count). The summed E-state index contributed by atoms with van der Waals surface area (Å²) in [5, 5.41) is 9.36. The van der Waals surface area contributed by atoms with Gasteiger partial charge < -0.3 is 10.8 Å². The third kappa shape index (κ3) is 5.71. The third-order valence-electron chi connectivity index (χ3n) is 2.71. The van der Waals surface area contributed by atoms with Crippen LogP contribution < -0.4 is 5.73 Å². The van der Waals surface area contributed by atoms with Crippen molar-refractivity contribution in [3.63, 3.8) is 0 Å². The molecule has 94 valence electrons. The summed E-state index contributed by atoms with van der Waals surface area (Å²) in [5.74, 6) is -0.914. The van der Waals surface area contributed by atoms with Crippen LogP contribution in [0.5, 0.6) is 0 Å². The Morgan fingerprint density at radius 3 is 2.47 bits per heavy atom. The zero-order chi connectivity index (χ0) is 12.7. The van der Waals surface area contributed by atoms with E-state index in [9.17, 15) is 4.79 Å². The van der Waals surface area contributed by atoms with Crippen LogP contribution in [0.25, 0.3) is 0 Å². The van der Waals surface area contributed by atoms with Crippen LogP contribution >= 0.6 is 11.6 Å². The van der Waals surface area contributed by atoms with E-state index in [-0.39, 0.29) is 0 Å². The Hall–Kier alpha value is -1.06. The highest BCUT2D eigenvalue weighted by atomic mass is 35.5. The van der Waals surface area contributed by atoms with Crippen molar-refractivity contribution in [3.05, 3.63) is 34.9 Å². The van der Waals surface area contributed by atoms with Crippen molar-refractivity contribution in [2.45, 2.75) is 38.1 Å². The van der Waals surface area contributed by atoms with Crippen molar-refractivity contribution in [2.75, 3.05) is 0 Å². The molecule has 0 fully saturated rings. The molecule has 1 aromatic rings. The summed E-state index contributed by atoms with van der Waals surface area (Å²) in [6.07, 6.45) is 4.47. The molecule has 0 radical (unpaired) electrons. The fourth-order valence-electron chi connectivity index (χ4n) is 1.64. The minimum Gasteiger partial charge on any atom is -0.480 e. The van der Waals surface area contributed by atoms with Gasteiger partial charge in [0.05, 0.1) is 0 Å². The zero-order valence-electron chi connectivity index (χ0n) is 9.73. The Kier molecular flexibility index (Phi) is 6.01. The van der Waals surface area contributed by atoms with Crippen LogP contribution in [0, 0.1) is 0 Å². The molecule has 4 heteroatoms. The van der Waals surface area contributed by atoms with Gasteiger partial charge in [-0.15, -0.1) is 0 Å². The van der Waals surface area contributed by atoms with E-state index in [1.165, 1.54) is 5.56 Å². The predicted octanol–water partition coefficient (Wildman–Crippen LogP) is 2.85. The van der Waals surface area contributed by atoms with Crippen molar-refractivity contribution in [1.82, 2.24) is 0 Å². The number of hydrogen-bond acceptors (Lipinski definition) is 2. The molecule has 0 aliphatic heterocycles. The average molecular weight is 256 g/mol. The van der Waals surface area contributed by atoms with Crippen molar-refractivity contribution in [3.8, 4) is 0 Å². The number of halogens is 1. The second kappa shape index (κ2) is 7.30. The number of aryl methyl sites for hydroxylation is 1. The number of unbranched alkanes of at least 4 members (excludes halogenated alkanes) is 2. The van der Waals surface area contributed by atoms with Gasteiger partial charge in [0.1, 0.15) is 6.04 Å². The zero-order valence-corrected chi connectivity index (χ0v) is 10.5. The molecular formula is C13H18ClNO2. The summed E-state index contributed by atoms with van der Waals surface area (Å²) in [6, 6.07) is 7.09. The maximum absolute atomic E-state index is 10.5. The molecule has 0 amide bonds. The van der Waals surface area contributed by atoms with Gasteiger partial charge in [-0.25, -0.2) is 0 Å². The standard InChI is InChI=1S/C13H18ClNO2/c14-11-8-6-10(7-9-11)4-2-1-3-5-12(15)13(16)17/h6-9,12H,1-5,15H2,(H,16,17). The molecule has 1 aromatic carbocycles. The van der Waals surface area contributed by atoms with Gasteiger partial charge >= 0.3 is 5.97 Å². The van der Waals surface area contributed by atoms with Crippen LogP contribution in [0.1, 0.15) is 31.2 Å². The summed E-state index contributed by atoms with van der Waals surface area (Å²) in [5.41, 5.74) is 6.67. The van der Waals surface area contributed by atoms with E-state index in [4.69, 9.17) is 22.4 Å². The van der Waals surface area contributed by atoms with Gasteiger partial charge in [0.25, 0.3) is 0 Å². The minimum atomic E-state index is -0.914. The molecule has 1 atom stereocenters. The first-order valence-corrected chi connectivity index (χ1v) is 6.20. The Morgan fingerprint density at radius 1 is 1.24 bits per heavy atom. The molecule has 0 aliphatic carbocycles. The Balaban J connectivity index is 2.12. The quantitative estimate of drug-likeness (QED) is 0.737. The Bertz CT molecular complexity index is 351. The normalized spacial score (nSPS) is 12.4. The van der Waals surface area contributed by atoms with Gasteiger partial charge in [-0.05, 0) is 37.0 Å². The van der Waals surface area contributed by atoms with Crippen LogP contribution in [0.4, 0.5) is 0 Å². The molecule has 0 spiro atoms. The molecule has 0 heterocycles. The molecule has 1 unspecified atom stereocenters. The summed E-state index contributed by atoms with van der Waals surface area (Å²) >= 11 is 5.79. The van der Waals surface area contributed by atoms with Gasteiger partial charge in [-0.2, -0.15) is 0 Å². The van der Waals surface area contributed by atoms with E-state index >= 15 is 0 Å². The number of rotatable bonds is 7. The number of benzene rings is 1. The maximum atomic E-state index is 10.5. The fraction of sp³-hybridized carbons (Fsp3) is 0.462. The monoisotopic (exact) mass is 255 g/mol. The van der Waals surface area contributed by atoms with E-state index in [1.54, 1.807) is 0 Å². The summed E-state index contributed by atoms with van der Waals surface area (Å²) < 4.78 is 0. The highest BCUT2D eigenvalue weighted by Crippen LogP contribution is 2.12. The topological polar surface area (TPSA) is 63.3 Å². The number of aliphatic carboxylic acids is 1. The number of hydrogen-bond donors (Lipinski definition) is 2. The number of carboxylic acids is 1. The van der Waals surface area contributed by atoms with Crippen molar-refractivity contribution < 1.29 is 9.90 Å². The first-order chi connectivity index (χ1) is 8.09. The molecule has 0 saturated carbocycles. The molecule has 0 bridgehead atoms. The lowest BCUT2D eigenvalue weighted by Gasteiger charge is -2.05. The van der Waals surface area contributed by atoms with E-state index in [0.29, 0.717) is 6.42 Å². The smallest absolute Gasteiger partial charge is 0.320 e. The lowest BCUT2D eigenvalue weighted by Crippen LogP contribution is -2.29. The van der Waals surface area contributed by atoms with Crippen molar-refractivity contribution >= 4 is 17.6 Å². The summed E-state index contributed by atoms with van der Waals surface area (Å²) in [6.45, 7) is 0. The van der Waals surface area contributed by atoms with E-state index < -0.39 is 12.0 Å². The van der Waals surface area contributed by atoms with Crippen molar-refractivity contribution in [1.29, 1.82) is 0 Å². The molecule has 0 saturated heterocycles. The lowest BCUT2D eigenvalue weighted by atomic mass is 10.0. The van der Waals surface area contributed by atoms with Gasteiger partial charge in [0, 0.05) is 5.02 Å². The summed E-state index contributed by atoms with van der Waals surface area (Å²) in [7, 11) is 0. The van der Waals surface area contributed by atoms with Crippen LogP contribution in [0.2, 0.25) is 5.02 Å². The second-order valence-electron chi connectivity index (χ2n) is 4.17. The van der Waals surface area contributed by atoms with E-state index in [1.807, 2.05) is 24.3 Å². The molecule has 0 aliphatic rings. The molecule has 0 aromatic heterocycles. The second-order valence-corrected chi connectivity index (χ2v) is 4.61.